The molecule has 0 bridgehead atoms. The van der Waals surface area contributed by atoms with Crippen LogP contribution in [0.15, 0.2) is 30.5 Å². The Balaban J connectivity index is 0.00000169. The Bertz CT molecular complexity index is 842. The summed E-state index contributed by atoms with van der Waals surface area (Å²) in [6.07, 6.45) is 1.84. The van der Waals surface area contributed by atoms with Gasteiger partial charge in [-0.05, 0) is 31.2 Å². The quantitative estimate of drug-likeness (QED) is 0.644. The largest absolute Gasteiger partial charge is 0.659 e. The minimum absolute atomic E-state index is 0. The molecule has 1 aliphatic rings. The average molecular weight is 417 g/mol. The van der Waals surface area contributed by atoms with E-state index in [0.29, 0.717) is 5.02 Å². The van der Waals surface area contributed by atoms with E-state index in [1.807, 2.05) is 42.1 Å². The summed E-state index contributed by atoms with van der Waals surface area (Å²) in [4.78, 5) is 11.5. The van der Waals surface area contributed by atoms with Crippen LogP contribution in [-0.4, -0.2) is 45.9 Å². The zero-order chi connectivity index (χ0) is 15.8. The van der Waals surface area contributed by atoms with Gasteiger partial charge in [0, 0.05) is 50.8 Å². The molecule has 0 aliphatic carbocycles. The Hall–Kier alpha value is -1.08. The molecule has 1 aliphatic heterocycles. The number of hydrogen-bond donors (Lipinski definition) is 0. The first kappa shape index (κ1) is 17.7. The third-order valence-electron chi connectivity index (χ3n) is 3.95. The molecule has 2 aromatic heterocycles. The standard InChI is InChI=1S/C16H16ClN6.Y/c1-11-20-15(22-8-6-18-7-9-22)14-10-19-23(16(14)21-11)13-4-2-12(17)3-5-13;/h2-5,10H,6-9H2,1H3;/q-1;. The van der Waals surface area contributed by atoms with Crippen LogP contribution in [-0.2, 0) is 32.7 Å². The van der Waals surface area contributed by atoms with Crippen LogP contribution in [0, 0.1) is 6.92 Å². The van der Waals surface area contributed by atoms with Gasteiger partial charge in [-0.3, -0.25) is 0 Å². The Morgan fingerprint density at radius 1 is 1.08 bits per heavy atom. The third-order valence-corrected chi connectivity index (χ3v) is 4.20. The van der Waals surface area contributed by atoms with Crippen LogP contribution in [0.2, 0.25) is 5.02 Å². The number of rotatable bonds is 2. The zero-order valence-electron chi connectivity index (χ0n) is 13.4. The van der Waals surface area contributed by atoms with Gasteiger partial charge in [0.2, 0.25) is 0 Å². The van der Waals surface area contributed by atoms with Gasteiger partial charge in [-0.1, -0.05) is 11.6 Å². The Labute approximate surface area is 170 Å². The molecule has 24 heavy (non-hydrogen) atoms. The van der Waals surface area contributed by atoms with Crippen molar-refractivity contribution < 1.29 is 32.7 Å². The van der Waals surface area contributed by atoms with Crippen LogP contribution in [0.3, 0.4) is 0 Å². The molecule has 0 N–H and O–H groups in total. The summed E-state index contributed by atoms with van der Waals surface area (Å²) < 4.78 is 1.83. The number of benzene rings is 1. The number of aromatic nitrogens is 4. The van der Waals surface area contributed by atoms with Crippen LogP contribution in [0.25, 0.3) is 22.0 Å². The van der Waals surface area contributed by atoms with Gasteiger partial charge in [0.1, 0.15) is 11.6 Å². The smallest absolute Gasteiger partial charge is 0.168 e. The maximum absolute atomic E-state index is 5.97. The van der Waals surface area contributed by atoms with Crippen LogP contribution in [0.5, 0.6) is 0 Å². The van der Waals surface area contributed by atoms with E-state index in [-0.39, 0.29) is 32.7 Å². The zero-order valence-corrected chi connectivity index (χ0v) is 16.9. The molecule has 8 heteroatoms. The SMILES string of the molecule is Cc1nc(N2CC[N-]CC2)c2cnn(-c3ccc(Cl)cc3)c2n1.[Y]. The van der Waals surface area contributed by atoms with Gasteiger partial charge in [0.05, 0.1) is 17.3 Å². The average Bonchev–Trinajstić information content (AvgIpc) is 2.99. The Morgan fingerprint density at radius 2 is 1.79 bits per heavy atom. The van der Waals surface area contributed by atoms with Crippen LogP contribution in [0.4, 0.5) is 5.82 Å². The number of halogens is 1. The number of piperazine rings is 1. The molecule has 0 spiro atoms. The van der Waals surface area contributed by atoms with Crippen molar-refractivity contribution in [2.45, 2.75) is 6.92 Å². The Morgan fingerprint density at radius 3 is 2.50 bits per heavy atom. The molecule has 0 amide bonds. The summed E-state index contributed by atoms with van der Waals surface area (Å²) >= 11 is 5.97. The summed E-state index contributed by atoms with van der Waals surface area (Å²) in [6, 6.07) is 7.58. The minimum atomic E-state index is 0. The van der Waals surface area contributed by atoms with Gasteiger partial charge < -0.3 is 10.2 Å². The van der Waals surface area contributed by atoms with Gasteiger partial charge in [-0.2, -0.15) is 5.10 Å². The van der Waals surface area contributed by atoms with E-state index in [1.54, 1.807) is 0 Å². The molecule has 121 valence electrons. The third kappa shape index (κ3) is 3.33. The van der Waals surface area contributed by atoms with E-state index in [1.165, 1.54) is 0 Å². The van der Waals surface area contributed by atoms with Crippen molar-refractivity contribution >= 4 is 28.5 Å². The topological polar surface area (TPSA) is 60.9 Å². The predicted molar refractivity (Wildman–Crippen MR) is 91.7 cm³/mol. The fourth-order valence-electron chi connectivity index (χ4n) is 2.83. The molecule has 1 aromatic carbocycles. The van der Waals surface area contributed by atoms with Crippen molar-refractivity contribution in [3.8, 4) is 5.69 Å². The van der Waals surface area contributed by atoms with E-state index >= 15 is 0 Å². The molecule has 4 rings (SSSR count). The first-order valence-electron chi connectivity index (χ1n) is 7.59. The van der Waals surface area contributed by atoms with Crippen LogP contribution >= 0.6 is 11.6 Å². The maximum atomic E-state index is 5.97. The fraction of sp³-hybridized carbons (Fsp3) is 0.312. The molecule has 1 radical (unpaired) electrons. The van der Waals surface area contributed by atoms with Crippen molar-refractivity contribution in [3.63, 3.8) is 0 Å². The summed E-state index contributed by atoms with van der Waals surface area (Å²) in [6.45, 7) is 5.37. The number of hydrogen-bond acceptors (Lipinski definition) is 4. The van der Waals surface area contributed by atoms with Gasteiger partial charge in [0.15, 0.2) is 5.65 Å². The van der Waals surface area contributed by atoms with E-state index in [9.17, 15) is 0 Å². The molecule has 0 atom stereocenters. The number of aryl methyl sites for hydroxylation is 1. The Kier molecular flexibility index (Phi) is 5.50. The van der Waals surface area contributed by atoms with Gasteiger partial charge in [-0.25, -0.2) is 14.6 Å². The van der Waals surface area contributed by atoms with Crippen molar-refractivity contribution in [2.75, 3.05) is 31.1 Å². The van der Waals surface area contributed by atoms with E-state index in [2.05, 4.69) is 25.3 Å². The summed E-state index contributed by atoms with van der Waals surface area (Å²) in [5.41, 5.74) is 1.75. The van der Waals surface area contributed by atoms with E-state index < -0.39 is 0 Å². The maximum Gasteiger partial charge on any atom is 0.168 e. The summed E-state index contributed by atoms with van der Waals surface area (Å²) in [5, 5.41) is 10.6. The van der Waals surface area contributed by atoms with Crippen LogP contribution < -0.4 is 4.90 Å². The second kappa shape index (κ2) is 7.44. The second-order valence-electron chi connectivity index (χ2n) is 5.52. The number of fused-ring (bicyclic) bond motifs is 1. The predicted octanol–water partition coefficient (Wildman–Crippen LogP) is 2.97. The monoisotopic (exact) mass is 416 g/mol. The van der Waals surface area contributed by atoms with Gasteiger partial charge >= 0.3 is 0 Å². The van der Waals surface area contributed by atoms with Crippen LogP contribution in [0.1, 0.15) is 5.82 Å². The summed E-state index contributed by atoms with van der Waals surface area (Å²) in [5.74, 6) is 1.69. The van der Waals surface area contributed by atoms with E-state index in [4.69, 9.17) is 11.6 Å². The number of nitrogens with zero attached hydrogens (tertiary/aromatic N) is 6. The second-order valence-corrected chi connectivity index (χ2v) is 5.96. The molecular weight excluding hydrogens is 401 g/mol. The molecule has 1 saturated heterocycles. The first-order valence-corrected chi connectivity index (χ1v) is 7.97. The van der Waals surface area contributed by atoms with Crippen molar-refractivity contribution in [1.82, 2.24) is 19.7 Å². The van der Waals surface area contributed by atoms with Gasteiger partial charge in [0.25, 0.3) is 0 Å². The van der Waals surface area contributed by atoms with Crippen molar-refractivity contribution in [3.05, 3.63) is 46.6 Å². The summed E-state index contributed by atoms with van der Waals surface area (Å²) in [7, 11) is 0. The molecule has 6 nitrogen and oxygen atoms in total. The first-order chi connectivity index (χ1) is 11.2. The number of anilines is 1. The molecule has 0 unspecified atom stereocenters. The van der Waals surface area contributed by atoms with Crippen molar-refractivity contribution in [1.29, 1.82) is 0 Å². The van der Waals surface area contributed by atoms with Gasteiger partial charge in [-0.15, -0.1) is 13.1 Å². The molecule has 3 heterocycles. The molecule has 1 fully saturated rings. The molecule has 0 saturated carbocycles. The van der Waals surface area contributed by atoms with E-state index in [0.717, 1.165) is 54.5 Å². The molecular formula is C16H16ClN6Y-. The minimum Gasteiger partial charge on any atom is -0.659 e. The fourth-order valence-corrected chi connectivity index (χ4v) is 2.96. The normalized spacial score (nSPS) is 14.7. The molecule has 3 aromatic rings. The van der Waals surface area contributed by atoms with Crippen molar-refractivity contribution in [2.24, 2.45) is 0 Å².